The summed E-state index contributed by atoms with van der Waals surface area (Å²) in [6, 6.07) is 24.0. The van der Waals surface area contributed by atoms with E-state index in [1.165, 1.54) is 24.3 Å². The van der Waals surface area contributed by atoms with Gasteiger partial charge in [0.15, 0.2) is 0 Å². The molecule has 1 aromatic heterocycles. The molecular weight excluding hydrogens is 541 g/mol. The Morgan fingerprint density at radius 2 is 1.55 bits per heavy atom. The van der Waals surface area contributed by atoms with Crippen LogP contribution in [0.25, 0.3) is 22.0 Å². The molecular formula is C31H22ClF3N2O3. The second-order valence-electron chi connectivity index (χ2n) is 9.30. The molecule has 0 aliphatic rings. The number of aromatic carboxylic acids is 1. The van der Waals surface area contributed by atoms with Crippen molar-refractivity contribution in [3.63, 3.8) is 0 Å². The summed E-state index contributed by atoms with van der Waals surface area (Å²) in [7, 11) is 0. The second-order valence-corrected chi connectivity index (χ2v) is 9.73. The molecule has 0 atom stereocenters. The van der Waals surface area contributed by atoms with Gasteiger partial charge in [-0.15, -0.1) is 0 Å². The summed E-state index contributed by atoms with van der Waals surface area (Å²) < 4.78 is 40.9. The fourth-order valence-electron chi connectivity index (χ4n) is 4.53. The van der Waals surface area contributed by atoms with Gasteiger partial charge in [0.2, 0.25) is 0 Å². The largest absolute Gasteiger partial charge is 0.478 e. The van der Waals surface area contributed by atoms with Crippen LogP contribution in [0.2, 0.25) is 5.02 Å². The molecule has 9 heteroatoms. The summed E-state index contributed by atoms with van der Waals surface area (Å²) in [6.45, 7) is 0.427. The highest BCUT2D eigenvalue weighted by Crippen LogP contribution is 2.32. The molecule has 0 aliphatic heterocycles. The van der Waals surface area contributed by atoms with E-state index in [1.807, 2.05) is 28.8 Å². The van der Waals surface area contributed by atoms with Gasteiger partial charge in [-0.05, 0) is 76.9 Å². The average Bonchev–Trinajstić information content (AvgIpc) is 3.33. The fourth-order valence-corrected chi connectivity index (χ4v) is 4.72. The van der Waals surface area contributed by atoms with Gasteiger partial charge < -0.3 is 15.0 Å². The molecule has 0 saturated carbocycles. The first-order chi connectivity index (χ1) is 19.1. The number of alkyl halides is 3. The van der Waals surface area contributed by atoms with E-state index < -0.39 is 17.7 Å². The molecule has 0 aliphatic carbocycles. The van der Waals surface area contributed by atoms with Gasteiger partial charge in [0.05, 0.1) is 22.2 Å². The third kappa shape index (κ3) is 5.87. The molecule has 40 heavy (non-hydrogen) atoms. The number of carboxylic acid groups (broad SMARTS) is 1. The second kappa shape index (κ2) is 10.9. The molecule has 0 radical (unpaired) electrons. The Kier molecular flexibility index (Phi) is 7.36. The van der Waals surface area contributed by atoms with Gasteiger partial charge in [-0.1, -0.05) is 48.0 Å². The summed E-state index contributed by atoms with van der Waals surface area (Å²) in [5, 5.41) is 13.3. The van der Waals surface area contributed by atoms with E-state index in [9.17, 15) is 22.8 Å². The van der Waals surface area contributed by atoms with Crippen molar-refractivity contribution in [3.05, 3.63) is 130 Å². The van der Waals surface area contributed by atoms with Gasteiger partial charge in [0, 0.05) is 29.7 Å². The van der Waals surface area contributed by atoms with Crippen molar-refractivity contribution in [2.75, 3.05) is 0 Å². The van der Waals surface area contributed by atoms with Crippen LogP contribution in [0.4, 0.5) is 13.2 Å². The van der Waals surface area contributed by atoms with E-state index in [2.05, 4.69) is 5.32 Å². The van der Waals surface area contributed by atoms with Crippen molar-refractivity contribution in [1.82, 2.24) is 9.88 Å². The van der Waals surface area contributed by atoms with Crippen LogP contribution in [0, 0.1) is 0 Å². The Labute approximate surface area is 232 Å². The first-order valence-electron chi connectivity index (χ1n) is 12.2. The number of nitrogens with one attached hydrogen (secondary N) is 1. The molecule has 0 bridgehead atoms. The number of fused-ring (bicyclic) bond motifs is 1. The SMILES string of the molecule is O=C(O)c1ccc(CNC(=O)c2cc(-c3cccc(Cl)c3)cc3ccn(Cc4ccc(C(F)(F)F)cc4)c23)cc1. The highest BCUT2D eigenvalue weighted by molar-refractivity contribution is 6.30. The maximum Gasteiger partial charge on any atom is 0.416 e. The molecule has 5 nitrogen and oxygen atoms in total. The van der Waals surface area contributed by atoms with Crippen LogP contribution in [0.3, 0.4) is 0 Å². The van der Waals surface area contributed by atoms with Crippen molar-refractivity contribution >= 4 is 34.4 Å². The molecule has 0 saturated heterocycles. The monoisotopic (exact) mass is 562 g/mol. The number of nitrogens with zero attached hydrogens (tertiary/aromatic N) is 1. The maximum absolute atomic E-state index is 13.5. The van der Waals surface area contributed by atoms with Crippen molar-refractivity contribution < 1.29 is 27.9 Å². The van der Waals surface area contributed by atoms with Crippen LogP contribution in [-0.2, 0) is 19.3 Å². The van der Waals surface area contributed by atoms with Crippen LogP contribution in [0.15, 0.2) is 97.2 Å². The summed E-state index contributed by atoms with van der Waals surface area (Å²) >= 11 is 6.21. The molecule has 0 unspecified atom stereocenters. The highest BCUT2D eigenvalue weighted by Gasteiger charge is 2.30. The zero-order valence-electron chi connectivity index (χ0n) is 20.9. The zero-order chi connectivity index (χ0) is 28.4. The Hall–Kier alpha value is -4.56. The number of hydrogen-bond donors (Lipinski definition) is 2. The Morgan fingerprint density at radius 1 is 0.850 bits per heavy atom. The molecule has 1 heterocycles. The highest BCUT2D eigenvalue weighted by atomic mass is 35.5. The van der Waals surface area contributed by atoms with Gasteiger partial charge in [-0.3, -0.25) is 4.79 Å². The molecule has 5 aromatic rings. The average molecular weight is 563 g/mol. The Balaban J connectivity index is 1.50. The first-order valence-corrected chi connectivity index (χ1v) is 12.6. The minimum Gasteiger partial charge on any atom is -0.478 e. The van der Waals surface area contributed by atoms with Crippen LogP contribution in [0.1, 0.15) is 37.4 Å². The smallest absolute Gasteiger partial charge is 0.416 e. The Bertz CT molecular complexity index is 1710. The maximum atomic E-state index is 13.5. The molecule has 2 N–H and O–H groups in total. The summed E-state index contributed by atoms with van der Waals surface area (Å²) in [4.78, 5) is 24.7. The predicted molar refractivity (Wildman–Crippen MR) is 148 cm³/mol. The van der Waals surface area contributed by atoms with Crippen LogP contribution in [-0.4, -0.2) is 21.6 Å². The number of carbonyl (C=O) groups excluding carboxylic acids is 1. The lowest BCUT2D eigenvalue weighted by molar-refractivity contribution is -0.137. The first kappa shape index (κ1) is 27.0. The van der Waals surface area contributed by atoms with Crippen LogP contribution >= 0.6 is 11.6 Å². The normalized spacial score (nSPS) is 11.5. The standard InChI is InChI=1S/C31H22ClF3N2O3/c32-26-3-1-2-22(15-26)24-14-23-12-13-37(18-20-6-10-25(11-7-20)31(33,34)35)28(23)27(16-24)29(38)36-17-19-4-8-21(9-5-19)30(39)40/h1-16H,17-18H2,(H,36,38)(H,39,40). The van der Waals surface area contributed by atoms with Gasteiger partial charge in [0.25, 0.3) is 5.91 Å². The minimum absolute atomic E-state index is 0.145. The molecule has 0 spiro atoms. The van der Waals surface area contributed by atoms with Crippen molar-refractivity contribution in [2.45, 2.75) is 19.3 Å². The van der Waals surface area contributed by atoms with Crippen molar-refractivity contribution in [1.29, 1.82) is 0 Å². The van der Waals surface area contributed by atoms with Gasteiger partial charge in [-0.2, -0.15) is 13.2 Å². The van der Waals surface area contributed by atoms with Gasteiger partial charge in [0.1, 0.15) is 0 Å². The predicted octanol–water partition coefficient (Wildman–Crippen LogP) is 7.66. The number of halogens is 4. The van der Waals surface area contributed by atoms with E-state index in [1.54, 1.807) is 36.5 Å². The topological polar surface area (TPSA) is 71.3 Å². The van der Waals surface area contributed by atoms with E-state index in [4.69, 9.17) is 16.7 Å². The van der Waals surface area contributed by atoms with E-state index in [0.717, 1.165) is 34.2 Å². The lowest BCUT2D eigenvalue weighted by Crippen LogP contribution is -2.23. The number of rotatable bonds is 7. The number of benzene rings is 4. The molecule has 4 aromatic carbocycles. The van der Waals surface area contributed by atoms with Crippen LogP contribution in [0.5, 0.6) is 0 Å². The van der Waals surface area contributed by atoms with E-state index >= 15 is 0 Å². The molecule has 1 amide bonds. The van der Waals surface area contributed by atoms with Crippen molar-refractivity contribution in [2.24, 2.45) is 0 Å². The molecule has 0 fully saturated rings. The number of carbonyl (C=O) groups is 2. The van der Waals surface area contributed by atoms with Gasteiger partial charge >= 0.3 is 12.1 Å². The lowest BCUT2D eigenvalue weighted by atomic mass is 9.99. The molecule has 202 valence electrons. The Morgan fingerprint density at radius 3 is 2.20 bits per heavy atom. The number of carboxylic acids is 1. The number of aromatic nitrogens is 1. The van der Waals surface area contributed by atoms with E-state index in [0.29, 0.717) is 21.7 Å². The summed E-state index contributed by atoms with van der Waals surface area (Å²) in [6.07, 6.45) is -2.62. The third-order valence-corrected chi connectivity index (χ3v) is 6.79. The number of amides is 1. The summed E-state index contributed by atoms with van der Waals surface area (Å²) in [5.41, 5.74) is 3.40. The lowest BCUT2D eigenvalue weighted by Gasteiger charge is -2.14. The summed E-state index contributed by atoms with van der Waals surface area (Å²) in [5.74, 6) is -1.40. The minimum atomic E-state index is -4.42. The third-order valence-electron chi connectivity index (χ3n) is 6.55. The number of hydrogen-bond acceptors (Lipinski definition) is 2. The quantitative estimate of drug-likeness (QED) is 0.214. The fraction of sp³-hybridized carbons (Fsp3) is 0.0968. The molecule has 5 rings (SSSR count). The van der Waals surface area contributed by atoms with Crippen molar-refractivity contribution in [3.8, 4) is 11.1 Å². The van der Waals surface area contributed by atoms with Crippen LogP contribution < -0.4 is 5.32 Å². The zero-order valence-corrected chi connectivity index (χ0v) is 21.6. The van der Waals surface area contributed by atoms with Gasteiger partial charge in [-0.25, -0.2) is 4.79 Å². The van der Waals surface area contributed by atoms with E-state index in [-0.39, 0.29) is 24.6 Å².